The van der Waals surface area contributed by atoms with Gasteiger partial charge in [0.1, 0.15) is 85.6 Å². The quantitative estimate of drug-likeness (QED) is 0.0148. The van der Waals surface area contributed by atoms with Crippen molar-refractivity contribution in [1.82, 2.24) is 120 Å². The first-order chi connectivity index (χ1) is 59.9. The smallest absolute Gasteiger partial charge is 0.290 e. The predicted octanol–water partition coefficient (Wildman–Crippen LogP) is 11.1. The molecule has 632 valence electrons. The van der Waals surface area contributed by atoms with Crippen LogP contribution < -0.4 is 21.3 Å². The number of aromatic amines is 4. The van der Waals surface area contributed by atoms with Crippen LogP contribution in [0.1, 0.15) is 66.9 Å². The van der Waals surface area contributed by atoms with Crippen molar-refractivity contribution in [1.29, 1.82) is 0 Å². The summed E-state index contributed by atoms with van der Waals surface area (Å²) in [5.74, 6) is -1.19. The van der Waals surface area contributed by atoms with Gasteiger partial charge in [0, 0.05) is 167 Å². The largest absolute Gasteiger partial charge is 0.483 e. The zero-order valence-corrected chi connectivity index (χ0v) is 70.6. The Bertz CT molecular complexity index is 5470. The lowest BCUT2D eigenvalue weighted by atomic mass is 10.3. The number of ether oxygens (including phenoxy) is 6. The SMILES string of the molecule is COCCOCCn1cc(NC(=O)c2csc(-c3cn[nH]c3)n2)c(-c2nccs2)n1.COCCOCCn1cc(NC(=O)c2csc(-c3cn[nH]c3)n2)c(-c2nccs2)n1.O=C(Nc1cn(C2CCOC2)nc1-c1nccs1)c1csc(-c2cn[nH]c2)n1.O=C(Nc1cn(C2CCOC2)nc1-c1nccs1)c1csc(-c2cn[nH]c2)n1.O=CO.O=CO. The van der Waals surface area contributed by atoms with E-state index in [0.29, 0.717) is 147 Å². The maximum atomic E-state index is 12.8. The summed E-state index contributed by atoms with van der Waals surface area (Å²) < 4.78 is 39.0. The van der Waals surface area contributed by atoms with Gasteiger partial charge in [0.15, 0.2) is 0 Å². The summed E-state index contributed by atoms with van der Waals surface area (Å²) in [4.78, 5) is 103. The number of rotatable bonds is 30. The summed E-state index contributed by atoms with van der Waals surface area (Å²) in [6.45, 7) is 6.33. The number of nitrogens with one attached hydrogen (secondary N) is 8. The molecule has 16 aromatic rings. The lowest BCUT2D eigenvalue weighted by Gasteiger charge is -2.06. The Hall–Kier alpha value is -12.7. The second-order valence-corrected chi connectivity index (χ2v) is 31.8. The van der Waals surface area contributed by atoms with Crippen molar-refractivity contribution in [3.63, 3.8) is 0 Å². The third-order valence-electron chi connectivity index (χ3n) is 16.8. The Balaban J connectivity index is 0.000000137. The van der Waals surface area contributed by atoms with Crippen LogP contribution in [0.2, 0.25) is 0 Å². The first-order valence-electron chi connectivity index (χ1n) is 36.3. The Kier molecular flexibility index (Phi) is 31.8. The van der Waals surface area contributed by atoms with Gasteiger partial charge in [-0.25, -0.2) is 39.9 Å². The molecule has 2 aliphatic heterocycles. The van der Waals surface area contributed by atoms with Crippen LogP contribution in [0, 0.1) is 0 Å². The molecule has 2 unspecified atom stereocenters. The zero-order chi connectivity index (χ0) is 84.8. The zero-order valence-electron chi connectivity index (χ0n) is 64.1. The van der Waals surface area contributed by atoms with Crippen LogP contribution in [0.25, 0.3) is 85.1 Å². The minimum Gasteiger partial charge on any atom is -0.483 e. The minimum absolute atomic E-state index is 0.163. The summed E-state index contributed by atoms with van der Waals surface area (Å²) >= 11 is 11.4. The molecule has 2 fully saturated rings. The van der Waals surface area contributed by atoms with Gasteiger partial charge < -0.3 is 59.9 Å². The standard InChI is InChI=1S/2C18H19N7O3S2.2C17H15N7O2S2.2CH2O2/c2*1-27-5-6-28-4-3-25-10-13(15(24-25)18-19-2-7-29-18)22-16(26)14-11-30-17(23-14)12-8-20-21-9-12;2*25-15(13-9-28-16(22-13)10-5-19-20-6-10)21-12-7-24(11-1-3-26-8-11)23-14(12)17-18-2-4-27-17;2*2-1-3/h2*2,7-11H,3-6H2,1H3,(H,20,21)(H,22,26);2*2,4-7,9,11H,1,3,8H2,(H,19,20)(H,21,25);2*1H,(H,2,3). The minimum atomic E-state index is -0.310. The molecule has 0 bridgehead atoms. The topological polar surface area (TPSA) is 535 Å². The van der Waals surface area contributed by atoms with Gasteiger partial charge in [-0.05, 0) is 12.8 Å². The fourth-order valence-corrected chi connectivity index (χ4v) is 16.8. The summed E-state index contributed by atoms with van der Waals surface area (Å²) in [7, 11) is 3.26. The Labute approximate surface area is 721 Å². The summed E-state index contributed by atoms with van der Waals surface area (Å²) in [6, 6.07) is 0.327. The summed E-state index contributed by atoms with van der Waals surface area (Å²) in [5, 5.41) is 90.9. The van der Waals surface area contributed by atoms with E-state index in [1.54, 1.807) is 132 Å². The summed E-state index contributed by atoms with van der Waals surface area (Å²) in [6.07, 6.45) is 29.5. The molecule has 122 heavy (non-hydrogen) atoms. The van der Waals surface area contributed by atoms with Crippen molar-refractivity contribution in [3.8, 4) is 85.1 Å². The van der Waals surface area contributed by atoms with E-state index in [0.717, 1.165) is 75.2 Å². The highest BCUT2D eigenvalue weighted by Gasteiger charge is 2.28. The number of amides is 4. The molecule has 50 heteroatoms. The monoisotopic (exact) mass is 1810 g/mol. The van der Waals surface area contributed by atoms with Crippen LogP contribution in [0.15, 0.2) is 142 Å². The molecule has 2 saturated heterocycles. The van der Waals surface area contributed by atoms with Gasteiger partial charge in [-0.2, -0.15) is 40.8 Å². The van der Waals surface area contributed by atoms with Gasteiger partial charge in [0.25, 0.3) is 36.6 Å². The van der Waals surface area contributed by atoms with Crippen molar-refractivity contribution in [2.75, 3.05) is 102 Å². The van der Waals surface area contributed by atoms with Gasteiger partial charge >= 0.3 is 0 Å². The fourth-order valence-electron chi connectivity index (χ4n) is 11.1. The van der Waals surface area contributed by atoms with E-state index >= 15 is 0 Å². The number of nitrogens with zero attached hydrogens (tertiary/aromatic N) is 20. The first-order valence-corrected chi connectivity index (χ1v) is 43.3. The highest BCUT2D eigenvalue weighted by molar-refractivity contribution is 7.15. The van der Waals surface area contributed by atoms with E-state index in [4.69, 9.17) is 48.2 Å². The van der Waals surface area contributed by atoms with Crippen LogP contribution in [0.4, 0.5) is 22.7 Å². The van der Waals surface area contributed by atoms with E-state index < -0.39 is 0 Å². The van der Waals surface area contributed by atoms with Crippen molar-refractivity contribution >= 4 is 150 Å². The molecule has 10 N–H and O–H groups in total. The normalized spacial score (nSPS) is 13.2. The predicted molar refractivity (Wildman–Crippen MR) is 456 cm³/mol. The van der Waals surface area contributed by atoms with Crippen LogP contribution in [-0.2, 0) is 51.1 Å². The third-order valence-corrected chi connectivity index (χ3v) is 23.5. The molecule has 18 rings (SSSR count). The van der Waals surface area contributed by atoms with Gasteiger partial charge in [-0.1, -0.05) is 0 Å². The molecule has 0 saturated carbocycles. The average Bonchev–Trinajstić information content (AvgIpc) is 1.65. The van der Waals surface area contributed by atoms with E-state index in [9.17, 15) is 19.2 Å². The van der Waals surface area contributed by atoms with E-state index in [2.05, 4.69) is 122 Å². The van der Waals surface area contributed by atoms with Crippen molar-refractivity contribution in [3.05, 3.63) is 165 Å². The number of methoxy groups -OCH3 is 2. The molecule has 18 heterocycles. The van der Waals surface area contributed by atoms with E-state index in [1.165, 1.54) is 90.7 Å². The Morgan fingerprint density at radius 3 is 0.975 bits per heavy atom. The molecular weight excluding hydrogens is 1740 g/mol. The van der Waals surface area contributed by atoms with Crippen molar-refractivity contribution in [2.24, 2.45) is 0 Å². The van der Waals surface area contributed by atoms with Crippen molar-refractivity contribution in [2.45, 2.75) is 38.0 Å². The molecule has 42 nitrogen and oxygen atoms in total. The summed E-state index contributed by atoms with van der Waals surface area (Å²) in [5.41, 5.74) is 9.64. The number of carbonyl (C=O) groups excluding carboxylic acids is 4. The number of hydrogen-bond acceptors (Lipinski definition) is 36. The second kappa shape index (κ2) is 44.5. The van der Waals surface area contributed by atoms with Crippen LogP contribution in [0.3, 0.4) is 0 Å². The lowest BCUT2D eigenvalue weighted by molar-refractivity contribution is -0.123. The molecule has 2 atom stereocenters. The van der Waals surface area contributed by atoms with Gasteiger partial charge in [-0.3, -0.25) is 67.9 Å². The van der Waals surface area contributed by atoms with Crippen LogP contribution in [0.5, 0.6) is 0 Å². The fraction of sp³-hybridized carbons (Fsp3) is 0.250. The van der Waals surface area contributed by atoms with Gasteiger partial charge in [0.05, 0.1) is 126 Å². The van der Waals surface area contributed by atoms with Crippen LogP contribution >= 0.6 is 90.7 Å². The molecule has 0 spiro atoms. The average molecular weight is 1810 g/mol. The maximum absolute atomic E-state index is 12.8. The van der Waals surface area contributed by atoms with Crippen LogP contribution in [-0.4, -0.2) is 247 Å². The molecule has 2 aliphatic rings. The molecule has 0 aromatic carbocycles. The van der Waals surface area contributed by atoms with Gasteiger partial charge in [-0.15, -0.1) is 90.7 Å². The lowest BCUT2D eigenvalue weighted by Crippen LogP contribution is -2.12. The molecule has 0 radical (unpaired) electrons. The number of hydrogen-bond donors (Lipinski definition) is 10. The second-order valence-electron chi connectivity index (χ2n) is 24.8. The number of carboxylic acid groups (broad SMARTS) is 2. The Morgan fingerprint density at radius 2 is 0.721 bits per heavy atom. The highest BCUT2D eigenvalue weighted by atomic mass is 32.1. The molecular formula is C72H72N28O14S8. The Morgan fingerprint density at radius 1 is 0.426 bits per heavy atom. The first kappa shape index (κ1) is 87.1. The van der Waals surface area contributed by atoms with E-state index in [-0.39, 0.29) is 48.7 Å². The maximum Gasteiger partial charge on any atom is 0.290 e. The van der Waals surface area contributed by atoms with Crippen molar-refractivity contribution < 1.29 is 67.4 Å². The number of H-pyrrole nitrogens is 4. The number of thiazole rings is 8. The van der Waals surface area contributed by atoms with E-state index in [1.807, 2.05) is 43.3 Å². The van der Waals surface area contributed by atoms with Gasteiger partial charge in [0.2, 0.25) is 0 Å². The number of anilines is 4. The molecule has 0 aliphatic carbocycles. The number of aromatic nitrogens is 24. The highest BCUT2D eigenvalue weighted by Crippen LogP contribution is 2.37. The third kappa shape index (κ3) is 23.5. The molecule has 4 amide bonds. The molecule has 16 aromatic heterocycles. The number of carbonyl (C=O) groups is 6.